The lowest BCUT2D eigenvalue weighted by Gasteiger charge is -2.27. The van der Waals surface area contributed by atoms with Crippen molar-refractivity contribution in [1.82, 2.24) is 5.32 Å². The van der Waals surface area contributed by atoms with Gasteiger partial charge in [-0.1, -0.05) is 42.5 Å². The highest BCUT2D eigenvalue weighted by molar-refractivity contribution is 5.91. The Kier molecular flexibility index (Phi) is 3.94. The fourth-order valence-corrected chi connectivity index (χ4v) is 1.94. The van der Waals surface area contributed by atoms with Crippen molar-refractivity contribution in [2.75, 3.05) is 5.32 Å². The summed E-state index contributed by atoms with van der Waals surface area (Å²) in [6.45, 7) is 3.85. The zero-order chi connectivity index (χ0) is 14.6. The summed E-state index contributed by atoms with van der Waals surface area (Å²) in [6.07, 6.45) is 0. The Morgan fingerprint density at radius 2 is 1.60 bits per heavy atom. The fourth-order valence-electron chi connectivity index (χ4n) is 1.94. The molecule has 0 aliphatic rings. The Morgan fingerprint density at radius 1 is 1.00 bits per heavy atom. The van der Waals surface area contributed by atoms with Gasteiger partial charge in [-0.15, -0.1) is 0 Å². The van der Waals surface area contributed by atoms with Crippen LogP contribution in [0.5, 0.6) is 5.75 Å². The molecule has 0 aliphatic heterocycles. The van der Waals surface area contributed by atoms with E-state index in [-0.39, 0.29) is 11.8 Å². The zero-order valence-corrected chi connectivity index (χ0v) is 11.6. The molecule has 2 amide bonds. The smallest absolute Gasteiger partial charge is 0.320 e. The van der Waals surface area contributed by atoms with E-state index in [0.717, 1.165) is 5.56 Å². The molecule has 4 heteroatoms. The first kappa shape index (κ1) is 13.9. The van der Waals surface area contributed by atoms with Crippen molar-refractivity contribution < 1.29 is 9.90 Å². The number of anilines is 1. The third-order valence-corrected chi connectivity index (χ3v) is 3.07. The molecular weight excluding hydrogens is 252 g/mol. The Bertz CT molecular complexity index is 594. The van der Waals surface area contributed by atoms with Crippen LogP contribution in [0.1, 0.15) is 19.4 Å². The van der Waals surface area contributed by atoms with Gasteiger partial charge in [0.1, 0.15) is 5.75 Å². The molecule has 2 rings (SSSR count). The molecule has 0 bridgehead atoms. The predicted octanol–water partition coefficient (Wildman–Crippen LogP) is 3.45. The third-order valence-electron chi connectivity index (χ3n) is 3.07. The Hall–Kier alpha value is -2.49. The first-order chi connectivity index (χ1) is 9.49. The molecule has 0 fully saturated rings. The lowest BCUT2D eigenvalue weighted by molar-refractivity contribution is 0.241. The lowest BCUT2D eigenvalue weighted by atomic mass is 9.95. The van der Waals surface area contributed by atoms with Crippen molar-refractivity contribution in [3.8, 4) is 5.75 Å². The first-order valence-electron chi connectivity index (χ1n) is 6.42. The van der Waals surface area contributed by atoms with Gasteiger partial charge in [-0.05, 0) is 31.5 Å². The number of benzene rings is 2. The Morgan fingerprint density at radius 3 is 2.25 bits per heavy atom. The monoisotopic (exact) mass is 270 g/mol. The van der Waals surface area contributed by atoms with Crippen LogP contribution in [0, 0.1) is 0 Å². The molecule has 0 aliphatic carbocycles. The molecule has 0 saturated heterocycles. The number of rotatable bonds is 3. The fraction of sp³-hybridized carbons (Fsp3) is 0.188. The summed E-state index contributed by atoms with van der Waals surface area (Å²) in [6, 6.07) is 16.0. The van der Waals surface area contributed by atoms with Crippen molar-refractivity contribution in [2.45, 2.75) is 19.4 Å². The zero-order valence-electron chi connectivity index (χ0n) is 11.6. The van der Waals surface area contributed by atoms with Crippen molar-refractivity contribution in [3.05, 3.63) is 60.2 Å². The molecule has 0 aromatic heterocycles. The second kappa shape index (κ2) is 5.65. The van der Waals surface area contributed by atoms with E-state index in [4.69, 9.17) is 0 Å². The standard InChI is InChI=1S/C16H18N2O2/c1-16(2,12-8-4-3-5-9-12)18-15(20)17-13-10-6-7-11-14(13)19/h3-11,19H,1-2H3,(H2,17,18,20). The van der Waals surface area contributed by atoms with Crippen LogP contribution in [0.3, 0.4) is 0 Å². The number of carbonyl (C=O) groups is 1. The third kappa shape index (κ3) is 3.29. The summed E-state index contributed by atoms with van der Waals surface area (Å²) >= 11 is 0. The van der Waals surface area contributed by atoms with E-state index in [0.29, 0.717) is 5.69 Å². The molecule has 2 aromatic rings. The van der Waals surface area contributed by atoms with Gasteiger partial charge in [0.2, 0.25) is 0 Å². The van der Waals surface area contributed by atoms with Crippen molar-refractivity contribution in [1.29, 1.82) is 0 Å². The van der Waals surface area contributed by atoms with Gasteiger partial charge in [0.15, 0.2) is 0 Å². The number of amides is 2. The molecule has 0 atom stereocenters. The largest absolute Gasteiger partial charge is 0.506 e. The van der Waals surface area contributed by atoms with Gasteiger partial charge in [-0.2, -0.15) is 0 Å². The molecule has 0 heterocycles. The molecule has 2 aromatic carbocycles. The predicted molar refractivity (Wildman–Crippen MR) is 79.7 cm³/mol. The van der Waals surface area contributed by atoms with Crippen molar-refractivity contribution in [2.24, 2.45) is 0 Å². The number of phenolic OH excluding ortho intramolecular Hbond substituents is 1. The summed E-state index contributed by atoms with van der Waals surface area (Å²) in [4.78, 5) is 12.0. The minimum atomic E-state index is -0.504. The van der Waals surface area contributed by atoms with Crippen LogP contribution in [0.2, 0.25) is 0 Å². The van der Waals surface area contributed by atoms with Gasteiger partial charge in [-0.3, -0.25) is 0 Å². The normalized spacial score (nSPS) is 10.9. The Labute approximate surface area is 118 Å². The second-order valence-electron chi connectivity index (χ2n) is 5.09. The average molecular weight is 270 g/mol. The van der Waals surface area contributed by atoms with E-state index in [1.54, 1.807) is 18.2 Å². The van der Waals surface area contributed by atoms with Gasteiger partial charge in [0, 0.05) is 0 Å². The van der Waals surface area contributed by atoms with Crippen LogP contribution in [-0.2, 0) is 5.54 Å². The van der Waals surface area contributed by atoms with Crippen molar-refractivity contribution in [3.63, 3.8) is 0 Å². The number of hydrogen-bond donors (Lipinski definition) is 3. The summed E-state index contributed by atoms with van der Waals surface area (Å²) in [5.41, 5.74) is 0.886. The SMILES string of the molecule is CC(C)(NC(=O)Nc1ccccc1O)c1ccccc1. The molecule has 0 unspecified atom stereocenters. The maximum absolute atomic E-state index is 12.0. The van der Waals surface area contributed by atoms with Crippen LogP contribution < -0.4 is 10.6 Å². The van der Waals surface area contributed by atoms with Gasteiger partial charge in [0.25, 0.3) is 0 Å². The quantitative estimate of drug-likeness (QED) is 0.748. The molecule has 3 N–H and O–H groups in total. The average Bonchev–Trinajstić information content (AvgIpc) is 2.42. The number of nitrogens with one attached hydrogen (secondary N) is 2. The van der Waals surface area contributed by atoms with Crippen molar-refractivity contribution >= 4 is 11.7 Å². The van der Waals surface area contributed by atoms with E-state index >= 15 is 0 Å². The molecule has 104 valence electrons. The van der Waals surface area contributed by atoms with Gasteiger partial charge < -0.3 is 15.7 Å². The van der Waals surface area contributed by atoms with E-state index < -0.39 is 5.54 Å². The number of para-hydroxylation sites is 2. The number of aromatic hydroxyl groups is 1. The summed E-state index contributed by atoms with van der Waals surface area (Å²) < 4.78 is 0. The minimum absolute atomic E-state index is 0.0418. The van der Waals surface area contributed by atoms with E-state index in [9.17, 15) is 9.90 Å². The number of phenols is 1. The van der Waals surface area contributed by atoms with Crippen LogP contribution in [-0.4, -0.2) is 11.1 Å². The molecule has 0 radical (unpaired) electrons. The molecule has 4 nitrogen and oxygen atoms in total. The summed E-state index contributed by atoms with van der Waals surface area (Å²) in [5.74, 6) is 0.0418. The van der Waals surface area contributed by atoms with Gasteiger partial charge in [-0.25, -0.2) is 4.79 Å². The Balaban J connectivity index is 2.07. The van der Waals surface area contributed by atoms with Crippen LogP contribution in [0.15, 0.2) is 54.6 Å². The second-order valence-corrected chi connectivity index (χ2v) is 5.09. The molecule has 0 saturated carbocycles. The van der Waals surface area contributed by atoms with E-state index in [1.165, 1.54) is 6.07 Å². The van der Waals surface area contributed by atoms with Crippen LogP contribution in [0.25, 0.3) is 0 Å². The maximum atomic E-state index is 12.0. The number of carbonyl (C=O) groups excluding carboxylic acids is 1. The number of hydrogen-bond acceptors (Lipinski definition) is 2. The van der Waals surface area contributed by atoms with Gasteiger partial charge >= 0.3 is 6.03 Å². The highest BCUT2D eigenvalue weighted by Crippen LogP contribution is 2.23. The number of urea groups is 1. The van der Waals surface area contributed by atoms with E-state index in [1.807, 2.05) is 44.2 Å². The minimum Gasteiger partial charge on any atom is -0.506 e. The van der Waals surface area contributed by atoms with E-state index in [2.05, 4.69) is 10.6 Å². The molecule has 0 spiro atoms. The summed E-state index contributed by atoms with van der Waals surface area (Å²) in [5, 5.41) is 15.2. The molecular formula is C16H18N2O2. The summed E-state index contributed by atoms with van der Waals surface area (Å²) in [7, 11) is 0. The highest BCUT2D eigenvalue weighted by Gasteiger charge is 2.22. The van der Waals surface area contributed by atoms with Crippen LogP contribution >= 0.6 is 0 Å². The molecule has 20 heavy (non-hydrogen) atoms. The van der Waals surface area contributed by atoms with Gasteiger partial charge in [0.05, 0.1) is 11.2 Å². The van der Waals surface area contributed by atoms with Crippen LogP contribution in [0.4, 0.5) is 10.5 Å². The topological polar surface area (TPSA) is 61.4 Å². The maximum Gasteiger partial charge on any atom is 0.320 e. The lowest BCUT2D eigenvalue weighted by Crippen LogP contribution is -2.43. The first-order valence-corrected chi connectivity index (χ1v) is 6.42. The highest BCUT2D eigenvalue weighted by atomic mass is 16.3.